The van der Waals surface area contributed by atoms with Gasteiger partial charge in [0.1, 0.15) is 5.69 Å². The van der Waals surface area contributed by atoms with Crippen LogP contribution in [0.1, 0.15) is 10.4 Å². The summed E-state index contributed by atoms with van der Waals surface area (Å²) in [5, 5.41) is 13.1. The SMILES string of the molecule is COc1ccc(C(=O)OCC(=O)Nc2ccccc2[N+](=O)[O-])cc1F. The van der Waals surface area contributed by atoms with Crippen molar-refractivity contribution in [3.05, 3.63) is 64.0 Å². The average molecular weight is 348 g/mol. The van der Waals surface area contributed by atoms with Crippen molar-refractivity contribution < 1.29 is 28.4 Å². The lowest BCUT2D eigenvalue weighted by molar-refractivity contribution is -0.383. The van der Waals surface area contributed by atoms with E-state index >= 15 is 0 Å². The number of methoxy groups -OCH3 is 1. The highest BCUT2D eigenvalue weighted by Crippen LogP contribution is 2.23. The van der Waals surface area contributed by atoms with Crippen molar-refractivity contribution in [1.82, 2.24) is 0 Å². The van der Waals surface area contributed by atoms with Gasteiger partial charge in [0.15, 0.2) is 18.2 Å². The quantitative estimate of drug-likeness (QED) is 0.488. The minimum absolute atomic E-state index is 0.0240. The number of amides is 1. The number of esters is 1. The van der Waals surface area contributed by atoms with Gasteiger partial charge >= 0.3 is 5.97 Å². The summed E-state index contributed by atoms with van der Waals surface area (Å²) < 4.78 is 23.0. The molecule has 130 valence electrons. The number of ether oxygens (including phenoxy) is 2. The van der Waals surface area contributed by atoms with E-state index in [1.807, 2.05) is 0 Å². The molecule has 0 aliphatic heterocycles. The average Bonchev–Trinajstić information content (AvgIpc) is 2.59. The fraction of sp³-hybridized carbons (Fsp3) is 0.125. The van der Waals surface area contributed by atoms with Crippen LogP contribution in [0.5, 0.6) is 5.75 Å². The van der Waals surface area contributed by atoms with Gasteiger partial charge in [-0.2, -0.15) is 0 Å². The van der Waals surface area contributed by atoms with Gasteiger partial charge in [-0.25, -0.2) is 9.18 Å². The van der Waals surface area contributed by atoms with Gasteiger partial charge in [0, 0.05) is 6.07 Å². The Morgan fingerprint density at radius 2 is 1.96 bits per heavy atom. The third-order valence-corrected chi connectivity index (χ3v) is 3.10. The Bertz CT molecular complexity index is 824. The Morgan fingerprint density at radius 3 is 2.60 bits per heavy atom. The number of hydrogen-bond donors (Lipinski definition) is 1. The number of nitrogens with zero attached hydrogens (tertiary/aromatic N) is 1. The molecule has 0 atom stereocenters. The third kappa shape index (κ3) is 4.50. The van der Waals surface area contributed by atoms with Crippen LogP contribution in [0.4, 0.5) is 15.8 Å². The van der Waals surface area contributed by atoms with Crippen molar-refractivity contribution in [3.8, 4) is 5.75 Å². The predicted molar refractivity (Wildman–Crippen MR) is 85.0 cm³/mol. The monoisotopic (exact) mass is 348 g/mol. The Hall–Kier alpha value is -3.49. The molecule has 8 nitrogen and oxygen atoms in total. The summed E-state index contributed by atoms with van der Waals surface area (Å²) in [5.74, 6) is -2.47. The number of nitro groups is 1. The molecular weight excluding hydrogens is 335 g/mol. The molecule has 2 aromatic rings. The lowest BCUT2D eigenvalue weighted by Gasteiger charge is -2.08. The van der Waals surface area contributed by atoms with Gasteiger partial charge in [-0.1, -0.05) is 12.1 Å². The van der Waals surface area contributed by atoms with Crippen LogP contribution in [0.2, 0.25) is 0 Å². The molecule has 1 N–H and O–H groups in total. The maximum absolute atomic E-state index is 13.5. The molecule has 0 aliphatic carbocycles. The van der Waals surface area contributed by atoms with Crippen molar-refractivity contribution in [2.24, 2.45) is 0 Å². The van der Waals surface area contributed by atoms with E-state index in [0.717, 1.165) is 6.07 Å². The van der Waals surface area contributed by atoms with Gasteiger partial charge in [0.2, 0.25) is 0 Å². The number of carbonyl (C=O) groups excluding carboxylic acids is 2. The number of hydrogen-bond acceptors (Lipinski definition) is 6. The molecule has 2 rings (SSSR count). The summed E-state index contributed by atoms with van der Waals surface area (Å²) in [7, 11) is 1.28. The number of rotatable bonds is 6. The normalized spacial score (nSPS) is 10.0. The van der Waals surface area contributed by atoms with Crippen LogP contribution in [0.3, 0.4) is 0 Å². The van der Waals surface area contributed by atoms with Crippen LogP contribution >= 0.6 is 0 Å². The minimum atomic E-state index is -0.917. The second kappa shape index (κ2) is 7.86. The maximum atomic E-state index is 13.5. The van der Waals surface area contributed by atoms with Gasteiger partial charge in [0.25, 0.3) is 11.6 Å². The zero-order valence-electron chi connectivity index (χ0n) is 13.0. The number of nitrogens with one attached hydrogen (secondary N) is 1. The van der Waals surface area contributed by atoms with Gasteiger partial charge in [-0.05, 0) is 24.3 Å². The van der Waals surface area contributed by atoms with Gasteiger partial charge in [0.05, 0.1) is 17.6 Å². The van der Waals surface area contributed by atoms with Crippen LogP contribution in [0, 0.1) is 15.9 Å². The lowest BCUT2D eigenvalue weighted by atomic mass is 10.2. The van der Waals surface area contributed by atoms with E-state index in [2.05, 4.69) is 5.32 Å². The number of anilines is 1. The molecule has 0 radical (unpaired) electrons. The van der Waals surface area contributed by atoms with E-state index in [4.69, 9.17) is 9.47 Å². The summed E-state index contributed by atoms with van der Waals surface area (Å²) >= 11 is 0. The van der Waals surface area contributed by atoms with E-state index in [0.29, 0.717) is 0 Å². The fourth-order valence-electron chi connectivity index (χ4n) is 1.93. The van der Waals surface area contributed by atoms with Gasteiger partial charge in [-0.15, -0.1) is 0 Å². The second-order valence-electron chi connectivity index (χ2n) is 4.75. The summed E-state index contributed by atoms with van der Waals surface area (Å²) in [4.78, 5) is 33.8. The summed E-state index contributed by atoms with van der Waals surface area (Å²) in [6, 6.07) is 8.98. The first-order chi connectivity index (χ1) is 11.9. The van der Waals surface area contributed by atoms with Crippen molar-refractivity contribution in [1.29, 1.82) is 0 Å². The van der Waals surface area contributed by atoms with E-state index in [1.54, 1.807) is 0 Å². The number of nitro benzene ring substituents is 1. The van der Waals surface area contributed by atoms with Crippen molar-refractivity contribution in [3.63, 3.8) is 0 Å². The number of carbonyl (C=O) groups is 2. The zero-order valence-corrected chi connectivity index (χ0v) is 13.0. The molecule has 0 fully saturated rings. The number of benzene rings is 2. The molecule has 2 aromatic carbocycles. The Labute approximate surface area is 141 Å². The molecule has 0 spiro atoms. The van der Waals surface area contributed by atoms with Gasteiger partial charge in [-0.3, -0.25) is 14.9 Å². The molecule has 0 bridgehead atoms. The predicted octanol–water partition coefficient (Wildman–Crippen LogP) is 2.54. The minimum Gasteiger partial charge on any atom is -0.494 e. The van der Waals surface area contributed by atoms with E-state index < -0.39 is 29.2 Å². The van der Waals surface area contributed by atoms with Crippen molar-refractivity contribution in [2.45, 2.75) is 0 Å². The fourth-order valence-corrected chi connectivity index (χ4v) is 1.93. The summed E-state index contributed by atoms with van der Waals surface area (Å²) in [6.45, 7) is -0.682. The first-order valence-corrected chi connectivity index (χ1v) is 6.96. The van der Waals surface area contributed by atoms with Crippen LogP contribution < -0.4 is 10.1 Å². The maximum Gasteiger partial charge on any atom is 0.338 e. The molecule has 25 heavy (non-hydrogen) atoms. The van der Waals surface area contributed by atoms with E-state index in [9.17, 15) is 24.1 Å². The Kier molecular flexibility index (Phi) is 5.62. The first kappa shape index (κ1) is 17.9. The standard InChI is InChI=1S/C16H13FN2O6/c1-24-14-7-6-10(8-11(14)17)16(21)25-9-15(20)18-12-4-2-3-5-13(12)19(22)23/h2-8H,9H2,1H3,(H,18,20). The highest BCUT2D eigenvalue weighted by molar-refractivity contribution is 5.96. The smallest absolute Gasteiger partial charge is 0.338 e. The van der Waals surface area contributed by atoms with E-state index in [1.165, 1.54) is 43.5 Å². The Morgan fingerprint density at radius 1 is 1.24 bits per heavy atom. The highest BCUT2D eigenvalue weighted by atomic mass is 19.1. The van der Waals surface area contributed by atoms with E-state index in [-0.39, 0.29) is 22.7 Å². The molecule has 0 aromatic heterocycles. The molecule has 0 saturated carbocycles. The van der Waals surface area contributed by atoms with Crippen molar-refractivity contribution in [2.75, 3.05) is 19.0 Å². The highest BCUT2D eigenvalue weighted by Gasteiger charge is 2.17. The molecule has 0 heterocycles. The largest absolute Gasteiger partial charge is 0.494 e. The molecule has 1 amide bonds. The van der Waals surface area contributed by atoms with Crippen LogP contribution in [-0.2, 0) is 9.53 Å². The molecule has 9 heteroatoms. The van der Waals surface area contributed by atoms with Crippen LogP contribution in [0.25, 0.3) is 0 Å². The number of halogens is 1. The first-order valence-electron chi connectivity index (χ1n) is 6.96. The second-order valence-corrected chi connectivity index (χ2v) is 4.75. The molecule has 0 unspecified atom stereocenters. The molecule has 0 aliphatic rings. The number of para-hydroxylation sites is 2. The van der Waals surface area contributed by atoms with Crippen LogP contribution in [0.15, 0.2) is 42.5 Å². The molecule has 0 saturated heterocycles. The topological polar surface area (TPSA) is 108 Å². The zero-order chi connectivity index (χ0) is 18.4. The van der Waals surface area contributed by atoms with Gasteiger partial charge < -0.3 is 14.8 Å². The van der Waals surface area contributed by atoms with Crippen LogP contribution in [-0.4, -0.2) is 30.5 Å². The van der Waals surface area contributed by atoms with Crippen molar-refractivity contribution >= 4 is 23.3 Å². The summed E-state index contributed by atoms with van der Waals surface area (Å²) in [6.07, 6.45) is 0. The third-order valence-electron chi connectivity index (χ3n) is 3.10. The summed E-state index contributed by atoms with van der Waals surface area (Å²) in [5.41, 5.74) is -0.416. The Balaban J connectivity index is 1.97. The lowest BCUT2D eigenvalue weighted by Crippen LogP contribution is -2.21. The molecular formula is C16H13FN2O6.